The third-order valence-electron chi connectivity index (χ3n) is 12.0. The number of nitrogens with two attached hydrogens (primary N) is 1. The Bertz CT molecular complexity index is 1630. The number of carboxylic acids is 1. The van der Waals surface area contributed by atoms with Crippen LogP contribution in [0.4, 0.5) is 0 Å². The fraction of sp³-hybridized carbons (Fsp3) is 0.660. The second-order valence-electron chi connectivity index (χ2n) is 17.4. The number of cyclic esters (lactones) is 1. The zero-order valence-corrected chi connectivity index (χ0v) is 37.3. The van der Waals surface area contributed by atoms with E-state index >= 15 is 0 Å². The van der Waals surface area contributed by atoms with E-state index in [-0.39, 0.29) is 44.4 Å². The molecule has 0 radical (unpaired) electrons. The first-order valence-electron chi connectivity index (χ1n) is 22.2. The number of hydrogen-bond acceptors (Lipinski definition) is 16. The molecule has 0 aromatic heterocycles. The number of ether oxygens (including phenoxy) is 4. The smallest absolute Gasteiger partial charge is 0.309 e. The second-order valence-corrected chi connectivity index (χ2v) is 17.4. The summed E-state index contributed by atoms with van der Waals surface area (Å²) >= 11 is 0. The van der Waals surface area contributed by atoms with Crippen molar-refractivity contribution in [3.05, 3.63) is 85.1 Å². The Morgan fingerprint density at radius 3 is 1.86 bits per heavy atom. The number of rotatable bonds is 3. The van der Waals surface area contributed by atoms with Crippen LogP contribution in [-0.4, -0.2) is 154 Å². The highest BCUT2D eigenvalue weighted by Crippen LogP contribution is 2.38. The van der Waals surface area contributed by atoms with E-state index in [1.807, 2.05) is 43.4 Å². The van der Waals surface area contributed by atoms with Crippen LogP contribution in [0, 0.1) is 17.8 Å². The van der Waals surface area contributed by atoms with E-state index in [1.165, 1.54) is 0 Å². The third-order valence-corrected chi connectivity index (χ3v) is 12.0. The van der Waals surface area contributed by atoms with Crippen LogP contribution in [0.1, 0.15) is 85.5 Å². The quantitative estimate of drug-likeness (QED) is 0.180. The van der Waals surface area contributed by atoms with Crippen LogP contribution in [0.3, 0.4) is 0 Å². The molecule has 0 aromatic carbocycles. The molecule has 17 nitrogen and oxygen atoms in total. The van der Waals surface area contributed by atoms with E-state index in [4.69, 9.17) is 24.7 Å². The molecule has 362 valence electrons. The molecule has 0 saturated carbocycles. The summed E-state index contributed by atoms with van der Waals surface area (Å²) in [4.78, 5) is 25.0. The average molecular weight is 908 g/mol. The summed E-state index contributed by atoms with van der Waals surface area (Å²) in [7, 11) is 0. The summed E-state index contributed by atoms with van der Waals surface area (Å²) < 4.78 is 23.3. The first-order valence-corrected chi connectivity index (χ1v) is 22.2. The van der Waals surface area contributed by atoms with Crippen molar-refractivity contribution in [2.45, 2.75) is 177 Å². The number of allylic oxidation sites excluding steroid dienone is 12. The van der Waals surface area contributed by atoms with Gasteiger partial charge in [0.15, 0.2) is 12.1 Å². The van der Waals surface area contributed by atoms with Gasteiger partial charge in [-0.1, -0.05) is 98.9 Å². The Balaban J connectivity index is 1.83. The van der Waals surface area contributed by atoms with Gasteiger partial charge in [0.05, 0.1) is 79.4 Å². The average Bonchev–Trinajstić information content (AvgIpc) is 3.22. The monoisotopic (exact) mass is 907 g/mol. The maximum atomic E-state index is 12.6. The summed E-state index contributed by atoms with van der Waals surface area (Å²) in [5.74, 6) is -5.78. The number of aliphatic hydroxyl groups is 9. The van der Waals surface area contributed by atoms with Gasteiger partial charge in [-0.3, -0.25) is 9.59 Å². The van der Waals surface area contributed by atoms with Gasteiger partial charge in [0.25, 0.3) is 0 Å². The van der Waals surface area contributed by atoms with Crippen LogP contribution in [0.2, 0.25) is 0 Å². The van der Waals surface area contributed by atoms with E-state index in [0.29, 0.717) is 0 Å². The van der Waals surface area contributed by atoms with Crippen LogP contribution in [0.15, 0.2) is 85.1 Å². The molecule has 64 heavy (non-hydrogen) atoms. The van der Waals surface area contributed by atoms with Gasteiger partial charge in [0, 0.05) is 37.5 Å². The van der Waals surface area contributed by atoms with Crippen LogP contribution < -0.4 is 5.73 Å². The van der Waals surface area contributed by atoms with Crippen LogP contribution in [0.25, 0.3) is 0 Å². The maximum Gasteiger partial charge on any atom is 0.309 e. The Labute approximate surface area is 376 Å². The molecule has 0 spiro atoms. The first-order chi connectivity index (χ1) is 30.2. The molecule has 2 saturated heterocycles. The predicted molar refractivity (Wildman–Crippen MR) is 236 cm³/mol. The molecule has 0 aromatic rings. The van der Waals surface area contributed by atoms with Crippen molar-refractivity contribution in [3.8, 4) is 0 Å². The molecule has 3 aliphatic heterocycles. The summed E-state index contributed by atoms with van der Waals surface area (Å²) in [6.07, 6.45) is 7.42. The lowest BCUT2D eigenvalue weighted by Crippen LogP contribution is -2.61. The number of carbonyl (C=O) groups is 2. The minimum absolute atomic E-state index is 0.0514. The molecule has 6 unspecified atom stereocenters. The van der Waals surface area contributed by atoms with Crippen LogP contribution in [-0.2, 0) is 28.5 Å². The topological polar surface area (TPSA) is 299 Å². The summed E-state index contributed by atoms with van der Waals surface area (Å²) in [6.45, 7) is 6.80. The van der Waals surface area contributed by atoms with Gasteiger partial charge in [-0.25, -0.2) is 0 Å². The minimum atomic E-state index is -2.05. The molecule has 18 atom stereocenters. The lowest BCUT2D eigenvalue weighted by molar-refractivity contribution is -0.295. The third kappa shape index (κ3) is 18.5. The van der Waals surface area contributed by atoms with Gasteiger partial charge in [-0.2, -0.15) is 0 Å². The lowest BCUT2D eigenvalue weighted by Gasteiger charge is -2.43. The highest BCUT2D eigenvalue weighted by molar-refractivity contribution is 5.71. The van der Waals surface area contributed by atoms with Gasteiger partial charge in [-0.05, 0) is 39.5 Å². The molecular formula is C47H73NO16. The first kappa shape index (κ1) is 54.9. The van der Waals surface area contributed by atoms with Crippen molar-refractivity contribution in [1.82, 2.24) is 0 Å². The maximum absolute atomic E-state index is 12.6. The van der Waals surface area contributed by atoms with Gasteiger partial charge in [0.1, 0.15) is 12.2 Å². The van der Waals surface area contributed by atoms with Crippen LogP contribution >= 0.6 is 0 Å². The number of hydrogen-bond donors (Lipinski definition) is 11. The van der Waals surface area contributed by atoms with Gasteiger partial charge < -0.3 is 75.7 Å². The van der Waals surface area contributed by atoms with Crippen molar-refractivity contribution < 1.29 is 79.6 Å². The van der Waals surface area contributed by atoms with E-state index in [9.17, 15) is 60.7 Å². The number of esters is 1. The normalized spacial score (nSPS) is 44.8. The van der Waals surface area contributed by atoms with Gasteiger partial charge in [-0.15, -0.1) is 0 Å². The molecular weight excluding hydrogens is 835 g/mol. The van der Waals surface area contributed by atoms with Crippen molar-refractivity contribution >= 4 is 11.9 Å². The van der Waals surface area contributed by atoms with Crippen molar-refractivity contribution in [2.24, 2.45) is 23.5 Å². The molecule has 0 amide bonds. The van der Waals surface area contributed by atoms with E-state index < -0.39 is 134 Å². The predicted octanol–water partition coefficient (Wildman–Crippen LogP) is 1.74. The number of carboxylic acid groups (broad SMARTS) is 1. The number of carbonyl (C=O) groups excluding carboxylic acids is 1. The lowest BCUT2D eigenvalue weighted by atomic mass is 9.85. The summed E-state index contributed by atoms with van der Waals surface area (Å²) in [5, 5.41) is 107. The van der Waals surface area contributed by atoms with E-state index in [0.717, 1.165) is 0 Å². The Morgan fingerprint density at radius 1 is 0.688 bits per heavy atom. The number of aliphatic carboxylic acids is 1. The fourth-order valence-electron chi connectivity index (χ4n) is 7.85. The second kappa shape index (κ2) is 27.3. The standard InChI is InChI=1S/C47H73NO16/c1-28-17-15-13-11-9-7-5-6-8-10-12-14-16-18-35(63-46-44(57)41(48)43(56)31(4)62-46)26-39-36(45(58)59)21-22-47(60,64-39)27-34(51)24-38(53)37(52)20-19-32(49)23-33(50)25-40(54)61-30(3)29(2)42(28)55/h5-18,28-39,41-44,46,49-53,55-57,60H,19-27,48H2,1-4H3,(H,58,59)/b6-5+,9-7+,10-8+,13-11+,14-12+,17-15+,18-16+/t28-,29-,30-,31?,32+,33+,34-,35-,36?,37+,38+,39-,41?,42+,43?,44?,46?,47-/m0/s1. The molecule has 2 bridgehead atoms. The minimum Gasteiger partial charge on any atom is -0.481 e. The number of fused-ring (bicyclic) bond motifs is 2. The Hall–Kier alpha value is -3.40. The molecule has 0 aliphatic carbocycles. The molecule has 17 heteroatoms. The highest BCUT2D eigenvalue weighted by atomic mass is 16.7. The zero-order valence-electron chi connectivity index (χ0n) is 37.3. The van der Waals surface area contributed by atoms with Gasteiger partial charge in [0.2, 0.25) is 0 Å². The molecule has 3 aliphatic rings. The van der Waals surface area contributed by atoms with Crippen LogP contribution in [0.5, 0.6) is 0 Å². The van der Waals surface area contributed by atoms with Crippen molar-refractivity contribution in [3.63, 3.8) is 0 Å². The Kier molecular flexibility index (Phi) is 23.4. The zero-order chi connectivity index (χ0) is 47.6. The number of aliphatic hydroxyl groups excluding tert-OH is 8. The SMILES string of the molecule is CC1OC(O[C@H]2/C=C/C=C/C=C/C=C/C=C/C=C/C=C/[C@H](C)[C@@H](O)[C@@H](C)[C@H](C)OC(=O)C[C@H](O)C[C@H](O)CC[C@@H](O)[C@H](O)C[C@H](O)C[C@]3(O)CCC(C(=O)O)[C@H](C2)O3)C(O)C(N)C1O. The largest absolute Gasteiger partial charge is 0.481 e. The Morgan fingerprint density at radius 2 is 1.27 bits per heavy atom. The van der Waals surface area contributed by atoms with E-state index in [2.05, 4.69) is 0 Å². The van der Waals surface area contributed by atoms with Crippen molar-refractivity contribution in [1.29, 1.82) is 0 Å². The summed E-state index contributed by atoms with van der Waals surface area (Å²) in [5.41, 5.74) is 6.03. The van der Waals surface area contributed by atoms with Crippen molar-refractivity contribution in [2.75, 3.05) is 0 Å². The molecule has 2 fully saturated rings. The molecule has 3 rings (SSSR count). The van der Waals surface area contributed by atoms with Gasteiger partial charge >= 0.3 is 11.9 Å². The fourth-order valence-corrected chi connectivity index (χ4v) is 7.85. The molecule has 3 heterocycles. The molecule has 12 N–H and O–H groups in total. The summed E-state index contributed by atoms with van der Waals surface area (Å²) in [6, 6.07) is -1.10. The van der Waals surface area contributed by atoms with E-state index in [1.54, 1.807) is 69.4 Å². The highest BCUT2D eigenvalue weighted by Gasteiger charge is 2.47.